The summed E-state index contributed by atoms with van der Waals surface area (Å²) < 4.78 is 5.17. The highest BCUT2D eigenvalue weighted by Gasteiger charge is 2.38. The lowest BCUT2D eigenvalue weighted by molar-refractivity contribution is 0.231. The minimum absolute atomic E-state index is 0.365. The summed E-state index contributed by atoms with van der Waals surface area (Å²) >= 11 is 0. The van der Waals surface area contributed by atoms with Gasteiger partial charge in [-0.3, -0.25) is 4.90 Å². The molecule has 2 aliphatic rings. The van der Waals surface area contributed by atoms with Crippen LogP contribution in [-0.2, 0) is 0 Å². The van der Waals surface area contributed by atoms with Crippen molar-refractivity contribution in [2.75, 3.05) is 19.6 Å². The third kappa shape index (κ3) is 1.68. The Hall–Kier alpha value is -0.800. The van der Waals surface area contributed by atoms with Gasteiger partial charge in [0.25, 0.3) is 0 Å². The third-order valence-electron chi connectivity index (χ3n) is 4.35. The van der Waals surface area contributed by atoms with Gasteiger partial charge in [-0.05, 0) is 30.7 Å². The van der Waals surface area contributed by atoms with E-state index in [9.17, 15) is 0 Å². The van der Waals surface area contributed by atoms with Crippen LogP contribution in [0.3, 0.4) is 0 Å². The maximum absolute atomic E-state index is 5.91. The lowest BCUT2D eigenvalue weighted by atomic mass is 10.0. The van der Waals surface area contributed by atoms with Crippen LogP contribution in [0.5, 0.6) is 0 Å². The van der Waals surface area contributed by atoms with E-state index in [1.54, 1.807) is 6.26 Å². The summed E-state index contributed by atoms with van der Waals surface area (Å²) in [5.74, 6) is 1.86. The Morgan fingerprint density at radius 2 is 2.12 bits per heavy atom. The van der Waals surface area contributed by atoms with E-state index >= 15 is 0 Å². The highest BCUT2D eigenvalue weighted by Crippen LogP contribution is 2.40. The number of nitrogens with zero attached hydrogens (tertiary/aromatic N) is 1. The molecule has 2 heterocycles. The van der Waals surface area contributed by atoms with Crippen molar-refractivity contribution >= 4 is 0 Å². The van der Waals surface area contributed by atoms with E-state index in [0.29, 0.717) is 12.6 Å². The maximum Gasteiger partial charge on any atom is 0.0950 e. The number of furan rings is 1. The number of rotatable bonds is 3. The Morgan fingerprint density at radius 1 is 1.38 bits per heavy atom. The average Bonchev–Trinajstić information content (AvgIpc) is 2.91. The van der Waals surface area contributed by atoms with E-state index in [2.05, 4.69) is 4.90 Å². The molecular formula is C13H20N2O. The van der Waals surface area contributed by atoms with E-state index in [1.807, 2.05) is 12.3 Å². The molecule has 0 bridgehead atoms. The predicted octanol–water partition coefficient (Wildman–Crippen LogP) is 2.01. The number of likely N-dealkylation sites (tertiary alicyclic amines) is 1. The van der Waals surface area contributed by atoms with E-state index < -0.39 is 0 Å². The molecule has 1 aromatic rings. The second kappa shape index (κ2) is 4.22. The quantitative estimate of drug-likeness (QED) is 0.847. The first-order valence-corrected chi connectivity index (χ1v) is 6.34. The summed E-state index contributed by atoms with van der Waals surface area (Å²) in [5.41, 5.74) is 7.15. The largest absolute Gasteiger partial charge is 0.472 e. The molecule has 1 aliphatic carbocycles. The fourth-order valence-electron chi connectivity index (χ4n) is 3.49. The molecular weight excluding hydrogens is 200 g/mol. The van der Waals surface area contributed by atoms with Crippen molar-refractivity contribution in [1.82, 2.24) is 4.90 Å². The van der Waals surface area contributed by atoms with Gasteiger partial charge in [0.1, 0.15) is 0 Å². The minimum Gasteiger partial charge on any atom is -0.472 e. The van der Waals surface area contributed by atoms with Crippen LogP contribution in [0.25, 0.3) is 0 Å². The van der Waals surface area contributed by atoms with Gasteiger partial charge in [-0.2, -0.15) is 0 Å². The molecule has 1 aromatic heterocycles. The van der Waals surface area contributed by atoms with Crippen LogP contribution in [0.1, 0.15) is 30.9 Å². The lowest BCUT2D eigenvalue weighted by Crippen LogP contribution is -2.32. The highest BCUT2D eigenvalue weighted by molar-refractivity contribution is 5.13. The van der Waals surface area contributed by atoms with Gasteiger partial charge in [0.05, 0.1) is 18.6 Å². The smallest absolute Gasteiger partial charge is 0.0950 e. The van der Waals surface area contributed by atoms with E-state index in [1.165, 1.54) is 37.9 Å². The molecule has 1 saturated heterocycles. The molecule has 3 heteroatoms. The van der Waals surface area contributed by atoms with Gasteiger partial charge < -0.3 is 10.2 Å². The van der Waals surface area contributed by atoms with Gasteiger partial charge >= 0.3 is 0 Å². The van der Waals surface area contributed by atoms with Crippen molar-refractivity contribution in [1.29, 1.82) is 0 Å². The zero-order valence-corrected chi connectivity index (χ0v) is 9.64. The van der Waals surface area contributed by atoms with Crippen molar-refractivity contribution in [3.8, 4) is 0 Å². The van der Waals surface area contributed by atoms with E-state index in [4.69, 9.17) is 10.2 Å². The fraction of sp³-hybridized carbons (Fsp3) is 0.692. The molecule has 0 spiro atoms. The topological polar surface area (TPSA) is 42.4 Å². The first-order chi connectivity index (χ1) is 7.88. The molecule has 3 unspecified atom stereocenters. The number of hydrogen-bond donors (Lipinski definition) is 1. The number of nitrogens with two attached hydrogens (primary N) is 1. The van der Waals surface area contributed by atoms with Gasteiger partial charge in [0, 0.05) is 25.2 Å². The van der Waals surface area contributed by atoms with Crippen molar-refractivity contribution in [3.05, 3.63) is 24.2 Å². The lowest BCUT2D eigenvalue weighted by Gasteiger charge is -2.26. The summed E-state index contributed by atoms with van der Waals surface area (Å²) in [4.78, 5) is 2.55. The second-order valence-electron chi connectivity index (χ2n) is 5.21. The average molecular weight is 220 g/mol. The molecule has 3 rings (SSSR count). The van der Waals surface area contributed by atoms with Crippen LogP contribution in [-0.4, -0.2) is 24.5 Å². The Labute approximate surface area is 96.6 Å². The molecule has 88 valence electrons. The van der Waals surface area contributed by atoms with Crippen LogP contribution in [0, 0.1) is 11.8 Å². The highest BCUT2D eigenvalue weighted by atomic mass is 16.3. The van der Waals surface area contributed by atoms with Crippen molar-refractivity contribution < 1.29 is 4.42 Å². The first kappa shape index (κ1) is 10.4. The Morgan fingerprint density at radius 3 is 2.69 bits per heavy atom. The molecule has 1 aliphatic heterocycles. The molecule has 16 heavy (non-hydrogen) atoms. The Bertz CT molecular complexity index is 324. The molecule has 2 N–H and O–H groups in total. The molecule has 2 fully saturated rings. The zero-order valence-electron chi connectivity index (χ0n) is 9.64. The Balaban J connectivity index is 1.72. The van der Waals surface area contributed by atoms with Crippen LogP contribution >= 0.6 is 0 Å². The van der Waals surface area contributed by atoms with Crippen molar-refractivity contribution in [3.63, 3.8) is 0 Å². The molecule has 3 nitrogen and oxygen atoms in total. The SMILES string of the molecule is NCC(c1ccoc1)N1CC2CCCC2C1. The van der Waals surface area contributed by atoms with Gasteiger partial charge in [-0.25, -0.2) is 0 Å². The molecule has 0 amide bonds. The molecule has 1 saturated carbocycles. The molecule has 0 radical (unpaired) electrons. The van der Waals surface area contributed by atoms with E-state index in [0.717, 1.165) is 11.8 Å². The predicted molar refractivity (Wildman–Crippen MR) is 62.9 cm³/mol. The summed E-state index contributed by atoms with van der Waals surface area (Å²) in [7, 11) is 0. The summed E-state index contributed by atoms with van der Waals surface area (Å²) in [6.07, 6.45) is 7.86. The normalized spacial score (nSPS) is 31.8. The maximum atomic E-state index is 5.91. The monoisotopic (exact) mass is 220 g/mol. The number of fused-ring (bicyclic) bond motifs is 1. The summed E-state index contributed by atoms with van der Waals surface area (Å²) in [6.45, 7) is 3.16. The molecule has 3 atom stereocenters. The second-order valence-corrected chi connectivity index (χ2v) is 5.21. The summed E-state index contributed by atoms with van der Waals surface area (Å²) in [5, 5.41) is 0. The van der Waals surface area contributed by atoms with Gasteiger partial charge in [0.2, 0.25) is 0 Å². The minimum atomic E-state index is 0.365. The zero-order chi connectivity index (χ0) is 11.0. The standard InChI is InChI=1S/C13H20N2O/c14-6-13(12-4-5-16-9-12)15-7-10-2-1-3-11(10)8-15/h4-5,9-11,13H,1-3,6-8,14H2. The van der Waals surface area contributed by atoms with E-state index in [-0.39, 0.29) is 0 Å². The van der Waals surface area contributed by atoms with Gasteiger partial charge in [-0.1, -0.05) is 6.42 Å². The molecule has 0 aromatic carbocycles. The van der Waals surface area contributed by atoms with Gasteiger partial charge in [-0.15, -0.1) is 0 Å². The fourth-order valence-corrected chi connectivity index (χ4v) is 3.49. The third-order valence-corrected chi connectivity index (χ3v) is 4.35. The van der Waals surface area contributed by atoms with Gasteiger partial charge in [0.15, 0.2) is 0 Å². The van der Waals surface area contributed by atoms with Crippen LogP contribution in [0.4, 0.5) is 0 Å². The van der Waals surface area contributed by atoms with Crippen LogP contribution in [0.15, 0.2) is 23.0 Å². The van der Waals surface area contributed by atoms with Crippen molar-refractivity contribution in [2.45, 2.75) is 25.3 Å². The summed E-state index contributed by atoms with van der Waals surface area (Å²) in [6, 6.07) is 2.41. The van der Waals surface area contributed by atoms with Crippen molar-refractivity contribution in [2.24, 2.45) is 17.6 Å². The number of hydrogen-bond acceptors (Lipinski definition) is 3. The van der Waals surface area contributed by atoms with Crippen LogP contribution < -0.4 is 5.73 Å². The first-order valence-electron chi connectivity index (χ1n) is 6.34. The van der Waals surface area contributed by atoms with Crippen LogP contribution in [0.2, 0.25) is 0 Å². The Kier molecular flexibility index (Phi) is 2.74.